The number of benzene rings is 2. The zero-order valence-electron chi connectivity index (χ0n) is 51.6. The molecular weight excluding hydrogens is 1320 g/mol. The Kier molecular flexibility index (Phi) is 31.5. The molecule has 2 fully saturated rings. The van der Waals surface area contributed by atoms with E-state index in [2.05, 4.69) is 65.8 Å². The molecule has 2 aromatic carbocycles. The van der Waals surface area contributed by atoms with Gasteiger partial charge < -0.3 is 80.2 Å². The molecule has 0 aliphatic carbocycles. The quantitative estimate of drug-likeness (QED) is 0.00921. The second kappa shape index (κ2) is 37.3. The summed E-state index contributed by atoms with van der Waals surface area (Å²) < 4.78 is 76.4. The van der Waals surface area contributed by atoms with E-state index in [4.69, 9.17) is 77.2 Å². The Morgan fingerprint density at radius 3 is 1.52 bits per heavy atom. The van der Waals surface area contributed by atoms with Crippen molar-refractivity contribution >= 4 is 94.9 Å². The van der Waals surface area contributed by atoms with Crippen molar-refractivity contribution in [1.82, 2.24) is 44.1 Å². The lowest BCUT2D eigenvalue weighted by molar-refractivity contribution is -0.146. The van der Waals surface area contributed by atoms with Gasteiger partial charge in [0.1, 0.15) is 59.2 Å². The summed E-state index contributed by atoms with van der Waals surface area (Å²) in [5.74, 6) is -0.190. The van der Waals surface area contributed by atoms with Crippen LogP contribution in [0.15, 0.2) is 124 Å². The van der Waals surface area contributed by atoms with Crippen LogP contribution in [0, 0.1) is 0 Å². The van der Waals surface area contributed by atoms with Crippen molar-refractivity contribution in [1.29, 1.82) is 0 Å². The number of carbonyl (C=O) groups is 2. The Hall–Kier alpha value is -6.83. The van der Waals surface area contributed by atoms with E-state index < -0.39 is 93.2 Å². The highest BCUT2D eigenvalue weighted by molar-refractivity contribution is 8.05. The summed E-state index contributed by atoms with van der Waals surface area (Å²) in [5, 5.41) is 55.1. The smallest absolute Gasteiger partial charge is 0.459 e. The second-order valence-corrected chi connectivity index (χ2v) is 26.6. The minimum atomic E-state index is -4.28. The van der Waals surface area contributed by atoms with Crippen LogP contribution in [-0.4, -0.2) is 164 Å². The predicted molar refractivity (Wildman–Crippen MR) is 350 cm³/mol. The van der Waals surface area contributed by atoms with Crippen LogP contribution in [0.2, 0.25) is 0 Å². The standard InChI is InChI=1S/C29H39N6O9P.C15H21N5O5.C8H15NO2.C6H5Cl2O2P.ClH/c1-5-7-12-16-41-26(37)19(3)34-45(39,44-20-13-10-9-11-14-20)42-17-21-23(36)29(4,38)27(43-21)35-18-31-22-24(35)32-28(30)33-25(22)40-15-8-6-2;1-3-4-5-24-12-9-11(18-14(16)19-12)20(7-17-9)13-15(2,23)10(22)8(6-21)25-13;1-3-4-5-6-11-8(10)7(2)9;7-11(8,9)10-6-4-2-1-3-5-6;/h5-6,9-11,13-14,18-19,21,23,27,36,38H,1-2,7-8,12,15-17H2,3-4H3,(H,34,39)(H2,30,32,33);3,7-8,10,13,21-23H,1,4-6H2,2H3,(H2,16,18,19);3,7H,1,4-6,9H2,2H3;1-5H;1H/t19-,21?,23+,27?,29+,45?;8?,10-,13?,15-;7-;;/m010../s1. The van der Waals surface area contributed by atoms with Crippen LogP contribution in [0.4, 0.5) is 11.9 Å². The van der Waals surface area contributed by atoms with E-state index in [0.717, 1.165) is 12.8 Å². The molecule has 2 aliphatic rings. The molecule has 0 saturated carbocycles. The summed E-state index contributed by atoms with van der Waals surface area (Å²) in [6.07, 6.45) is 3.14. The number of rotatable bonds is 30. The fourth-order valence-electron chi connectivity index (χ4n) is 8.44. The fourth-order valence-corrected chi connectivity index (χ4v) is 10.8. The van der Waals surface area contributed by atoms with E-state index in [1.807, 2.05) is 0 Å². The Labute approximate surface area is 553 Å². The largest absolute Gasteiger partial charge is 0.476 e. The van der Waals surface area contributed by atoms with Crippen molar-refractivity contribution < 1.29 is 86.2 Å². The Morgan fingerprint density at radius 1 is 0.688 bits per heavy atom. The molecule has 30 nitrogen and oxygen atoms in total. The van der Waals surface area contributed by atoms with Gasteiger partial charge in [-0.2, -0.15) is 25.0 Å². The minimum Gasteiger partial charge on any atom is -0.476 e. The van der Waals surface area contributed by atoms with E-state index in [1.165, 1.54) is 42.6 Å². The molecular formula is C58H81Cl3N12O18P2. The lowest BCUT2D eigenvalue weighted by Gasteiger charge is -2.27. The lowest BCUT2D eigenvalue weighted by atomic mass is 9.96. The first kappa shape index (κ1) is 78.6. The maximum Gasteiger partial charge on any atom is 0.459 e. The molecule has 2 saturated heterocycles. The zero-order chi connectivity index (χ0) is 67.8. The summed E-state index contributed by atoms with van der Waals surface area (Å²) in [7, 11) is -4.28. The van der Waals surface area contributed by atoms with Gasteiger partial charge in [-0.15, -0.1) is 38.7 Å². The number of halogens is 3. The summed E-state index contributed by atoms with van der Waals surface area (Å²) in [5.41, 5.74) is 14.4. The number of imidazole rings is 2. The van der Waals surface area contributed by atoms with Gasteiger partial charge in [-0.3, -0.25) is 23.2 Å². The highest BCUT2D eigenvalue weighted by atomic mass is 35.9. The molecule has 0 spiro atoms. The van der Waals surface area contributed by atoms with Crippen molar-refractivity contribution in [2.45, 2.75) is 126 Å². The number of unbranched alkanes of at least 4 members (excludes halogenated alkanes) is 2. The van der Waals surface area contributed by atoms with Gasteiger partial charge in [-0.25, -0.2) is 19.1 Å². The third kappa shape index (κ3) is 23.0. The van der Waals surface area contributed by atoms with Crippen molar-refractivity contribution in [3.05, 3.63) is 124 Å². The lowest BCUT2D eigenvalue weighted by Crippen LogP contribution is -2.44. The van der Waals surface area contributed by atoms with Crippen LogP contribution in [0.3, 0.4) is 0 Å². The van der Waals surface area contributed by atoms with E-state index >= 15 is 0 Å². The molecule has 6 aromatic rings. The topological polar surface area (TPSA) is 430 Å². The number of hydrogen-bond acceptors (Lipinski definition) is 27. The number of aliphatic hydroxyl groups excluding tert-OH is 3. The monoisotopic (exact) mass is 1400 g/mol. The fraction of sp³-hybridized carbons (Fsp3) is 0.448. The van der Waals surface area contributed by atoms with Gasteiger partial charge in [0.05, 0.1) is 52.3 Å². The number of nitrogens with two attached hydrogens (primary N) is 3. The van der Waals surface area contributed by atoms with E-state index in [-0.39, 0.29) is 77.8 Å². The van der Waals surface area contributed by atoms with E-state index in [9.17, 15) is 44.3 Å². The third-order valence-electron chi connectivity index (χ3n) is 13.1. The van der Waals surface area contributed by atoms with Crippen LogP contribution in [-0.2, 0) is 42.2 Å². The number of nitrogens with one attached hydrogen (secondary N) is 1. The highest BCUT2D eigenvalue weighted by Crippen LogP contribution is 2.57. The summed E-state index contributed by atoms with van der Waals surface area (Å²) >= 11 is 10.3. The molecule has 512 valence electrons. The van der Waals surface area contributed by atoms with Crippen LogP contribution >= 0.6 is 48.7 Å². The normalized spacial score (nSPS) is 21.8. The summed E-state index contributed by atoms with van der Waals surface area (Å²) in [4.78, 5) is 48.3. The number of para-hydroxylation sites is 2. The number of aromatic nitrogens is 8. The molecule has 0 radical (unpaired) electrons. The number of anilines is 2. The Bertz CT molecular complexity index is 3460. The van der Waals surface area contributed by atoms with Gasteiger partial charge in [0.25, 0.3) is 0 Å². The second-order valence-electron chi connectivity index (χ2n) is 20.7. The van der Waals surface area contributed by atoms with E-state index in [0.29, 0.717) is 50.2 Å². The number of allylic oxidation sites excluding steroid dienone is 2. The molecule has 5 unspecified atom stereocenters. The van der Waals surface area contributed by atoms with Crippen molar-refractivity contribution in [2.75, 3.05) is 51.1 Å². The van der Waals surface area contributed by atoms with Gasteiger partial charge in [-0.05, 0) is 90.5 Å². The molecule has 8 rings (SSSR count). The number of aliphatic hydroxyl groups is 5. The average molecular weight is 1400 g/mol. The molecule has 35 heteroatoms. The first-order chi connectivity index (χ1) is 43.6. The third-order valence-corrected chi connectivity index (χ3v) is 15.6. The number of carbonyl (C=O) groups excluding carboxylic acids is 2. The van der Waals surface area contributed by atoms with Crippen LogP contribution in [0.5, 0.6) is 23.3 Å². The molecule has 6 heterocycles. The van der Waals surface area contributed by atoms with Crippen LogP contribution in [0.1, 0.15) is 78.7 Å². The zero-order valence-corrected chi connectivity index (χ0v) is 55.7. The predicted octanol–water partition coefficient (Wildman–Crippen LogP) is 7.34. The van der Waals surface area contributed by atoms with Crippen molar-refractivity contribution in [3.63, 3.8) is 0 Å². The van der Waals surface area contributed by atoms with Crippen molar-refractivity contribution in [3.8, 4) is 23.3 Å². The van der Waals surface area contributed by atoms with Gasteiger partial charge in [0.15, 0.2) is 34.8 Å². The number of ether oxygens (including phenoxy) is 6. The van der Waals surface area contributed by atoms with Crippen LogP contribution < -0.4 is 40.8 Å². The first-order valence-electron chi connectivity index (χ1n) is 28.7. The van der Waals surface area contributed by atoms with Crippen LogP contribution in [0.25, 0.3) is 22.3 Å². The maximum absolute atomic E-state index is 13.9. The molecule has 93 heavy (non-hydrogen) atoms. The number of nitrogens with zero attached hydrogens (tertiary/aromatic N) is 8. The van der Waals surface area contributed by atoms with Gasteiger partial charge >= 0.3 is 25.8 Å². The number of nitrogen functional groups attached to an aromatic ring is 2. The maximum atomic E-state index is 13.9. The number of hydrogen-bond donors (Lipinski definition) is 9. The summed E-state index contributed by atoms with van der Waals surface area (Å²) in [6.45, 7) is 20.6. The van der Waals surface area contributed by atoms with Gasteiger partial charge in [0.2, 0.25) is 23.7 Å². The Morgan fingerprint density at radius 2 is 1.11 bits per heavy atom. The Balaban J connectivity index is 0.000000317. The average Bonchev–Trinajstić information content (AvgIpc) is 1.63. The minimum absolute atomic E-state index is 0. The highest BCUT2D eigenvalue weighted by Gasteiger charge is 2.55. The number of esters is 2. The first-order valence-corrected chi connectivity index (χ1v) is 33.6. The van der Waals surface area contributed by atoms with Crippen molar-refractivity contribution in [2.24, 2.45) is 5.73 Å². The van der Waals surface area contributed by atoms with Gasteiger partial charge in [-0.1, -0.05) is 60.7 Å². The molecule has 0 amide bonds. The molecule has 11 atom stereocenters. The molecule has 12 N–H and O–H groups in total. The number of fused-ring (bicyclic) bond motifs is 2. The molecule has 4 aromatic heterocycles. The van der Waals surface area contributed by atoms with Gasteiger partial charge in [0, 0.05) is 22.5 Å². The SMILES string of the molecule is C=CCCCOC(=O)[C@H](C)N.C=CCCCOC(=O)[C@H](C)NP(=O)(OCC1OC(n2cnc3c(OCCC=C)nc(N)nc32)[C@](C)(O)[C@@H]1O)Oc1ccccc1.C=CCCOc1nc(N)nc2c1ncn2C1OC(CO)[C@@H](O)[C@@]1(C)O.Cl.O=P(Cl)(Cl)Oc1ccccc1. The summed E-state index contributed by atoms with van der Waals surface area (Å²) in [6, 6.07) is 15.1. The molecule has 0 bridgehead atoms. The molecule has 2 aliphatic heterocycles. The van der Waals surface area contributed by atoms with E-state index in [1.54, 1.807) is 91.9 Å².